The van der Waals surface area contributed by atoms with E-state index in [1.165, 1.54) is 18.2 Å². The highest BCUT2D eigenvalue weighted by atomic mass is 79.9. The summed E-state index contributed by atoms with van der Waals surface area (Å²) in [5, 5.41) is 18.7. The average Bonchev–Trinajstić information content (AvgIpc) is 3.10. The molecule has 2 aromatic heterocycles. The van der Waals surface area contributed by atoms with Crippen LogP contribution in [0.1, 0.15) is 50.8 Å². The molecule has 37 heavy (non-hydrogen) atoms. The third-order valence-corrected chi connectivity index (χ3v) is 7.03. The first-order valence-corrected chi connectivity index (χ1v) is 13.7. The Morgan fingerprint density at radius 1 is 1.16 bits per heavy atom. The number of nitrogens with one attached hydrogen (secondary N) is 1. The van der Waals surface area contributed by atoms with Crippen molar-refractivity contribution in [3.05, 3.63) is 87.4 Å². The lowest BCUT2D eigenvalue weighted by Gasteiger charge is -2.17. The Labute approximate surface area is 221 Å². The summed E-state index contributed by atoms with van der Waals surface area (Å²) in [7, 11) is -3.97. The predicted molar refractivity (Wildman–Crippen MR) is 140 cm³/mol. The van der Waals surface area contributed by atoms with Crippen LogP contribution in [0.15, 0.2) is 59.2 Å². The molecule has 12 heteroatoms. The summed E-state index contributed by atoms with van der Waals surface area (Å²) in [6.45, 7) is 3.71. The van der Waals surface area contributed by atoms with Gasteiger partial charge in [0.15, 0.2) is 5.75 Å². The first-order valence-electron chi connectivity index (χ1n) is 11.1. The van der Waals surface area contributed by atoms with Gasteiger partial charge in [-0.05, 0) is 58.9 Å². The SMILES string of the molecule is Cc1nn(Cc2cc3ccccc3cn2)c(C(=O)N[C@@H](C)c2ccc(C(=O)O)c(OS(C)(=O)=O)c2)c1Br. The molecule has 0 spiro atoms. The first-order chi connectivity index (χ1) is 17.4. The molecule has 0 aliphatic carbocycles. The van der Waals surface area contributed by atoms with E-state index in [9.17, 15) is 23.1 Å². The molecule has 1 atom stereocenters. The Kier molecular flexibility index (Phi) is 7.32. The van der Waals surface area contributed by atoms with Crippen molar-refractivity contribution in [1.29, 1.82) is 0 Å². The molecule has 10 nitrogen and oxygen atoms in total. The summed E-state index contributed by atoms with van der Waals surface area (Å²) in [6, 6.07) is 13.2. The molecule has 0 radical (unpaired) electrons. The van der Waals surface area contributed by atoms with E-state index < -0.39 is 28.0 Å². The summed E-state index contributed by atoms with van der Waals surface area (Å²) in [6.07, 6.45) is 2.59. The van der Waals surface area contributed by atoms with Crippen LogP contribution in [-0.2, 0) is 16.7 Å². The number of benzene rings is 2. The van der Waals surface area contributed by atoms with Crippen LogP contribution in [0.2, 0.25) is 0 Å². The zero-order valence-corrected chi connectivity index (χ0v) is 22.5. The molecule has 2 heterocycles. The number of halogens is 1. The van der Waals surface area contributed by atoms with Crippen molar-refractivity contribution in [2.45, 2.75) is 26.4 Å². The fraction of sp³-hybridized carbons (Fsp3) is 0.200. The summed E-state index contributed by atoms with van der Waals surface area (Å²) in [5.74, 6) is -2.11. The number of carboxylic acids is 1. The Balaban J connectivity index is 1.60. The standard InChI is InChI=1S/C25H23BrN4O6S/c1-14(16-8-9-20(25(32)33)21(11-16)36-37(3,34)35)28-24(31)23-22(26)15(2)29-30(23)13-19-10-17-6-4-5-7-18(17)12-27-19/h4-12,14H,13H2,1-3H3,(H,28,31)(H,32,33)/t14-/m0/s1. The molecule has 0 aliphatic rings. The van der Waals surface area contributed by atoms with E-state index in [2.05, 4.69) is 31.3 Å². The topological polar surface area (TPSA) is 140 Å². The minimum Gasteiger partial charge on any atom is -0.478 e. The van der Waals surface area contributed by atoms with Crippen LogP contribution in [0.5, 0.6) is 5.75 Å². The van der Waals surface area contributed by atoms with Gasteiger partial charge in [0.05, 0.1) is 34.7 Å². The lowest BCUT2D eigenvalue weighted by atomic mass is 10.0. The van der Waals surface area contributed by atoms with Crippen LogP contribution >= 0.6 is 15.9 Å². The molecule has 2 aromatic carbocycles. The van der Waals surface area contributed by atoms with Gasteiger partial charge in [-0.1, -0.05) is 30.3 Å². The van der Waals surface area contributed by atoms with Gasteiger partial charge < -0.3 is 14.6 Å². The molecule has 192 valence electrons. The molecule has 0 saturated carbocycles. The number of hydrogen-bond donors (Lipinski definition) is 2. The van der Waals surface area contributed by atoms with Crippen LogP contribution in [0, 0.1) is 6.92 Å². The molecule has 1 amide bonds. The minimum absolute atomic E-state index is 0.258. The van der Waals surface area contributed by atoms with E-state index in [0.29, 0.717) is 15.7 Å². The number of carbonyl (C=O) groups is 2. The van der Waals surface area contributed by atoms with E-state index in [1.54, 1.807) is 24.7 Å². The second-order valence-electron chi connectivity index (χ2n) is 8.47. The van der Waals surface area contributed by atoms with Crippen molar-refractivity contribution >= 4 is 48.7 Å². The van der Waals surface area contributed by atoms with E-state index >= 15 is 0 Å². The van der Waals surface area contributed by atoms with Crippen molar-refractivity contribution in [3.63, 3.8) is 0 Å². The average molecular weight is 587 g/mol. The lowest BCUT2D eigenvalue weighted by molar-refractivity contribution is 0.0694. The quantitative estimate of drug-likeness (QED) is 0.294. The van der Waals surface area contributed by atoms with Gasteiger partial charge in [-0.15, -0.1) is 0 Å². The minimum atomic E-state index is -3.97. The van der Waals surface area contributed by atoms with Gasteiger partial charge >= 0.3 is 16.1 Å². The number of carbonyl (C=O) groups excluding carboxylic acids is 1. The maximum absolute atomic E-state index is 13.3. The Morgan fingerprint density at radius 3 is 2.54 bits per heavy atom. The van der Waals surface area contributed by atoms with Gasteiger partial charge in [-0.25, -0.2) is 4.79 Å². The molecular formula is C25H23BrN4O6S. The summed E-state index contributed by atoms with van der Waals surface area (Å²) < 4.78 is 30.2. The number of hydrogen-bond acceptors (Lipinski definition) is 7. The zero-order chi connectivity index (χ0) is 26.9. The second-order valence-corrected chi connectivity index (χ2v) is 10.8. The Hall–Kier alpha value is -3.77. The van der Waals surface area contributed by atoms with Crippen LogP contribution in [0.3, 0.4) is 0 Å². The second kappa shape index (κ2) is 10.3. The first kappa shape index (κ1) is 26.3. The maximum Gasteiger partial charge on any atom is 0.339 e. The van der Waals surface area contributed by atoms with Crippen molar-refractivity contribution in [1.82, 2.24) is 20.1 Å². The molecule has 0 fully saturated rings. The maximum atomic E-state index is 13.3. The number of rotatable bonds is 8. The summed E-state index contributed by atoms with van der Waals surface area (Å²) >= 11 is 3.45. The van der Waals surface area contributed by atoms with Crippen LogP contribution < -0.4 is 9.50 Å². The molecular weight excluding hydrogens is 564 g/mol. The molecule has 0 unspecified atom stereocenters. The Morgan fingerprint density at radius 2 is 1.86 bits per heavy atom. The van der Waals surface area contributed by atoms with Gasteiger partial charge in [0, 0.05) is 11.6 Å². The highest BCUT2D eigenvalue weighted by Gasteiger charge is 2.24. The number of aromatic nitrogens is 3. The summed E-state index contributed by atoms with van der Waals surface area (Å²) in [4.78, 5) is 29.3. The van der Waals surface area contributed by atoms with Gasteiger partial charge in [-0.3, -0.25) is 14.5 Å². The monoisotopic (exact) mass is 586 g/mol. The van der Waals surface area contributed by atoms with Crippen molar-refractivity contribution in [2.24, 2.45) is 0 Å². The van der Waals surface area contributed by atoms with Crippen molar-refractivity contribution in [3.8, 4) is 5.75 Å². The lowest BCUT2D eigenvalue weighted by Crippen LogP contribution is -2.29. The summed E-state index contributed by atoms with van der Waals surface area (Å²) in [5.41, 5.74) is 1.77. The fourth-order valence-electron chi connectivity index (χ4n) is 3.83. The van der Waals surface area contributed by atoms with Gasteiger partial charge in [0.2, 0.25) is 0 Å². The van der Waals surface area contributed by atoms with Crippen LogP contribution in [0.4, 0.5) is 0 Å². The smallest absolute Gasteiger partial charge is 0.339 e. The number of amides is 1. The van der Waals surface area contributed by atoms with Gasteiger partial charge in [0.25, 0.3) is 5.91 Å². The largest absolute Gasteiger partial charge is 0.478 e. The fourth-order valence-corrected chi connectivity index (χ4v) is 4.75. The van der Waals surface area contributed by atoms with Gasteiger partial charge in [0.1, 0.15) is 11.3 Å². The molecule has 0 saturated heterocycles. The van der Waals surface area contributed by atoms with Crippen molar-refractivity contribution < 1.29 is 27.3 Å². The third-order valence-electron chi connectivity index (χ3n) is 5.59. The van der Waals surface area contributed by atoms with E-state index in [0.717, 1.165) is 22.7 Å². The zero-order valence-electron chi connectivity index (χ0n) is 20.1. The predicted octanol–water partition coefficient (Wildman–Crippen LogP) is 4.08. The van der Waals surface area contributed by atoms with Gasteiger partial charge in [-0.2, -0.15) is 13.5 Å². The molecule has 4 rings (SSSR count). The molecule has 4 aromatic rings. The number of fused-ring (bicyclic) bond motifs is 1. The Bertz CT molecular complexity index is 1630. The molecule has 0 aliphatic heterocycles. The number of nitrogens with zero attached hydrogens (tertiary/aromatic N) is 3. The highest BCUT2D eigenvalue weighted by molar-refractivity contribution is 9.10. The highest BCUT2D eigenvalue weighted by Crippen LogP contribution is 2.27. The molecule has 0 bridgehead atoms. The number of aryl methyl sites for hydroxylation is 1. The molecule has 2 N–H and O–H groups in total. The number of pyridine rings is 1. The van der Waals surface area contributed by atoms with E-state index in [4.69, 9.17) is 4.18 Å². The van der Waals surface area contributed by atoms with E-state index in [1.807, 2.05) is 30.3 Å². The van der Waals surface area contributed by atoms with Crippen LogP contribution in [0.25, 0.3) is 10.8 Å². The number of aromatic carboxylic acids is 1. The normalized spacial score (nSPS) is 12.3. The van der Waals surface area contributed by atoms with Crippen molar-refractivity contribution in [2.75, 3.05) is 6.26 Å². The van der Waals surface area contributed by atoms with E-state index in [-0.39, 0.29) is 23.6 Å². The van der Waals surface area contributed by atoms with Crippen LogP contribution in [-0.4, -0.2) is 46.4 Å². The third kappa shape index (κ3) is 5.97. The number of carboxylic acid groups (broad SMARTS) is 1.